The zero-order valence-corrected chi connectivity index (χ0v) is 12.7. The zero-order chi connectivity index (χ0) is 15.9. The molecule has 0 radical (unpaired) electrons. The zero-order valence-electron chi connectivity index (χ0n) is 11.1. The summed E-state index contributed by atoms with van der Waals surface area (Å²) in [4.78, 5) is 2.73. The first-order valence-corrected chi connectivity index (χ1v) is 8.26. The van der Waals surface area contributed by atoms with Crippen molar-refractivity contribution in [1.82, 2.24) is 4.98 Å². The number of rotatable bonds is 3. The maximum atomic E-state index is 12.9. The number of aromatic amines is 1. The Labute approximate surface area is 131 Å². The highest BCUT2D eigenvalue weighted by atomic mass is 35.5. The van der Waals surface area contributed by atoms with Crippen molar-refractivity contribution in [3.63, 3.8) is 0 Å². The first-order valence-electron chi connectivity index (χ1n) is 6.33. The Hall–Kier alpha value is -1.89. The van der Waals surface area contributed by atoms with Gasteiger partial charge in [-0.2, -0.15) is 0 Å². The highest BCUT2D eigenvalue weighted by Gasteiger charge is 2.29. The summed E-state index contributed by atoms with van der Waals surface area (Å²) < 4.78 is 37.8. The van der Waals surface area contributed by atoms with Crippen LogP contribution in [0, 0.1) is 5.82 Å². The van der Waals surface area contributed by atoms with Crippen LogP contribution in [0.4, 0.5) is 4.39 Å². The van der Waals surface area contributed by atoms with Crippen LogP contribution in [0.2, 0.25) is 5.02 Å². The van der Waals surface area contributed by atoms with Crippen LogP contribution in [-0.2, 0) is 9.84 Å². The summed E-state index contributed by atoms with van der Waals surface area (Å²) >= 11 is 5.91. The standard InChI is InChI=1S/C15H11ClFNO3S/c16-9-1-6-14-12(7-9)13(8-18-14)15(19)22(20,21)11-4-2-10(17)3-5-11/h1-8,15,18-19H. The van der Waals surface area contributed by atoms with E-state index in [-0.39, 0.29) is 10.5 Å². The molecule has 7 heteroatoms. The Kier molecular flexibility index (Phi) is 3.68. The molecule has 0 aliphatic carbocycles. The topological polar surface area (TPSA) is 70.2 Å². The number of sulfone groups is 1. The van der Waals surface area contributed by atoms with Gasteiger partial charge in [0.1, 0.15) is 5.82 Å². The van der Waals surface area contributed by atoms with Gasteiger partial charge in [-0.15, -0.1) is 0 Å². The van der Waals surface area contributed by atoms with Crippen LogP contribution in [0.1, 0.15) is 11.0 Å². The number of fused-ring (bicyclic) bond motifs is 1. The molecule has 4 nitrogen and oxygen atoms in total. The fourth-order valence-electron chi connectivity index (χ4n) is 2.24. The summed E-state index contributed by atoms with van der Waals surface area (Å²) in [5, 5.41) is 11.3. The Bertz CT molecular complexity index is 935. The molecule has 114 valence electrons. The lowest BCUT2D eigenvalue weighted by Crippen LogP contribution is -2.13. The van der Waals surface area contributed by atoms with E-state index in [1.54, 1.807) is 18.2 Å². The molecular formula is C15H11ClFNO3S. The molecule has 1 heterocycles. The van der Waals surface area contributed by atoms with Crippen LogP contribution in [0.3, 0.4) is 0 Å². The van der Waals surface area contributed by atoms with Crippen molar-refractivity contribution in [3.05, 3.63) is 65.1 Å². The predicted molar refractivity (Wildman–Crippen MR) is 81.9 cm³/mol. The Morgan fingerprint density at radius 3 is 2.50 bits per heavy atom. The van der Waals surface area contributed by atoms with E-state index in [9.17, 15) is 17.9 Å². The Morgan fingerprint density at radius 2 is 1.82 bits per heavy atom. The van der Waals surface area contributed by atoms with E-state index in [2.05, 4.69) is 4.98 Å². The molecule has 0 amide bonds. The Balaban J connectivity index is 2.10. The lowest BCUT2D eigenvalue weighted by Gasteiger charge is -2.11. The fraction of sp³-hybridized carbons (Fsp3) is 0.0667. The molecule has 0 aliphatic rings. The molecule has 0 bridgehead atoms. The molecule has 0 spiro atoms. The van der Waals surface area contributed by atoms with Gasteiger partial charge in [0.05, 0.1) is 4.90 Å². The van der Waals surface area contributed by atoms with Gasteiger partial charge in [-0.05, 0) is 42.5 Å². The minimum absolute atomic E-state index is 0.155. The van der Waals surface area contributed by atoms with Gasteiger partial charge >= 0.3 is 0 Å². The SMILES string of the molecule is O=S(=O)(c1ccc(F)cc1)C(O)c1c[nH]c2ccc(Cl)cc12. The molecule has 1 aromatic heterocycles. The van der Waals surface area contributed by atoms with Gasteiger partial charge in [-0.25, -0.2) is 12.8 Å². The Morgan fingerprint density at radius 1 is 1.14 bits per heavy atom. The molecule has 2 N–H and O–H groups in total. The number of halogens is 2. The van der Waals surface area contributed by atoms with Crippen LogP contribution >= 0.6 is 11.6 Å². The van der Waals surface area contributed by atoms with Gasteiger partial charge < -0.3 is 10.1 Å². The van der Waals surface area contributed by atoms with Crippen molar-refractivity contribution >= 4 is 32.3 Å². The van der Waals surface area contributed by atoms with Crippen molar-refractivity contribution in [2.75, 3.05) is 0 Å². The second-order valence-corrected chi connectivity index (χ2v) is 7.23. The summed E-state index contributed by atoms with van der Waals surface area (Å²) in [5.41, 5.74) is -0.917. The molecule has 3 rings (SSSR count). The van der Waals surface area contributed by atoms with Crippen molar-refractivity contribution in [2.45, 2.75) is 10.3 Å². The van der Waals surface area contributed by atoms with Crippen molar-refractivity contribution < 1.29 is 17.9 Å². The molecule has 0 fully saturated rings. The van der Waals surface area contributed by atoms with Gasteiger partial charge in [-0.1, -0.05) is 11.6 Å². The lowest BCUT2D eigenvalue weighted by atomic mass is 10.2. The smallest absolute Gasteiger partial charge is 0.209 e. The summed E-state index contributed by atoms with van der Waals surface area (Å²) in [7, 11) is -4.06. The molecular weight excluding hydrogens is 329 g/mol. The van der Waals surface area contributed by atoms with Crippen LogP contribution in [-0.4, -0.2) is 18.5 Å². The van der Waals surface area contributed by atoms with Gasteiger partial charge in [0.15, 0.2) is 5.44 Å². The first kappa shape index (κ1) is 15.0. The number of benzene rings is 2. The van der Waals surface area contributed by atoms with Crippen LogP contribution in [0.25, 0.3) is 10.9 Å². The molecule has 0 saturated carbocycles. The average molecular weight is 340 g/mol. The van der Waals surface area contributed by atoms with Gasteiger partial charge in [0.2, 0.25) is 9.84 Å². The normalized spacial score (nSPS) is 13.4. The summed E-state index contributed by atoms with van der Waals surface area (Å²) in [6.45, 7) is 0. The number of aliphatic hydroxyl groups excluding tert-OH is 1. The highest BCUT2D eigenvalue weighted by Crippen LogP contribution is 2.32. The quantitative estimate of drug-likeness (QED) is 0.718. The fourth-order valence-corrected chi connectivity index (χ4v) is 3.71. The highest BCUT2D eigenvalue weighted by molar-refractivity contribution is 7.91. The van der Waals surface area contributed by atoms with Crippen LogP contribution < -0.4 is 0 Å². The third-order valence-corrected chi connectivity index (χ3v) is 5.38. The number of hydrogen-bond donors (Lipinski definition) is 2. The molecule has 1 atom stereocenters. The third-order valence-electron chi connectivity index (χ3n) is 3.38. The minimum atomic E-state index is -4.06. The predicted octanol–water partition coefficient (Wildman–Crippen LogP) is 3.43. The van der Waals surface area contributed by atoms with Crippen LogP contribution in [0.15, 0.2) is 53.6 Å². The number of hydrogen-bond acceptors (Lipinski definition) is 3. The minimum Gasteiger partial charge on any atom is -0.373 e. The molecule has 1 unspecified atom stereocenters. The molecule has 0 aliphatic heterocycles. The van der Waals surface area contributed by atoms with Gasteiger partial charge in [-0.3, -0.25) is 0 Å². The van der Waals surface area contributed by atoms with Crippen LogP contribution in [0.5, 0.6) is 0 Å². The number of H-pyrrole nitrogens is 1. The lowest BCUT2D eigenvalue weighted by molar-refractivity contribution is 0.256. The van der Waals surface area contributed by atoms with E-state index >= 15 is 0 Å². The maximum absolute atomic E-state index is 12.9. The second kappa shape index (κ2) is 5.39. The maximum Gasteiger partial charge on any atom is 0.209 e. The van der Waals surface area contributed by atoms with Gasteiger partial charge in [0.25, 0.3) is 0 Å². The van der Waals surface area contributed by atoms with E-state index < -0.39 is 21.1 Å². The third kappa shape index (κ3) is 2.49. The largest absolute Gasteiger partial charge is 0.373 e. The van der Waals surface area contributed by atoms with E-state index in [1.807, 2.05) is 0 Å². The van der Waals surface area contributed by atoms with E-state index in [4.69, 9.17) is 11.6 Å². The average Bonchev–Trinajstić information content (AvgIpc) is 2.89. The number of nitrogens with one attached hydrogen (secondary N) is 1. The second-order valence-electron chi connectivity index (χ2n) is 4.79. The van der Waals surface area contributed by atoms with E-state index in [0.29, 0.717) is 15.9 Å². The number of aliphatic hydroxyl groups is 1. The summed E-state index contributed by atoms with van der Waals surface area (Å²) in [5.74, 6) is -0.549. The monoisotopic (exact) mass is 339 g/mol. The molecule has 2 aromatic carbocycles. The van der Waals surface area contributed by atoms with Crippen molar-refractivity contribution in [1.29, 1.82) is 0 Å². The van der Waals surface area contributed by atoms with E-state index in [1.165, 1.54) is 6.20 Å². The van der Waals surface area contributed by atoms with E-state index in [0.717, 1.165) is 24.3 Å². The van der Waals surface area contributed by atoms with Crippen molar-refractivity contribution in [3.8, 4) is 0 Å². The molecule has 3 aromatic rings. The van der Waals surface area contributed by atoms with Crippen molar-refractivity contribution in [2.24, 2.45) is 0 Å². The number of aromatic nitrogens is 1. The van der Waals surface area contributed by atoms with Gasteiger partial charge in [0, 0.05) is 27.7 Å². The summed E-state index contributed by atoms with van der Waals surface area (Å²) in [6.07, 6.45) is 1.42. The first-order chi connectivity index (χ1) is 10.4. The summed E-state index contributed by atoms with van der Waals surface area (Å²) in [6, 6.07) is 9.23. The molecule has 22 heavy (non-hydrogen) atoms. The molecule has 0 saturated heterocycles.